The van der Waals surface area contributed by atoms with Gasteiger partial charge >= 0.3 is 0 Å². The molecule has 0 radical (unpaired) electrons. The van der Waals surface area contributed by atoms with Gasteiger partial charge in [0.2, 0.25) is 5.56 Å². The van der Waals surface area contributed by atoms with E-state index >= 15 is 0 Å². The van der Waals surface area contributed by atoms with Crippen molar-refractivity contribution >= 4 is 34.9 Å². The second-order valence-corrected chi connectivity index (χ2v) is 14.0. The van der Waals surface area contributed by atoms with E-state index in [2.05, 4.69) is 88.5 Å². The fourth-order valence-corrected chi connectivity index (χ4v) is 8.87. The van der Waals surface area contributed by atoms with E-state index in [1.165, 1.54) is 38.0 Å². The van der Waals surface area contributed by atoms with Crippen LogP contribution in [-0.2, 0) is 4.74 Å². The molecule has 0 saturated carbocycles. The molecular weight excluding hydrogens is 587 g/mol. The summed E-state index contributed by atoms with van der Waals surface area (Å²) in [6.07, 6.45) is 4.33. The van der Waals surface area contributed by atoms with Gasteiger partial charge in [-0.1, -0.05) is 48.6 Å². The number of fused-ring (bicyclic) bond motifs is 2. The summed E-state index contributed by atoms with van der Waals surface area (Å²) >= 11 is 3.59. The van der Waals surface area contributed by atoms with E-state index in [0.29, 0.717) is 19.1 Å². The number of rotatable bonds is 7. The summed E-state index contributed by atoms with van der Waals surface area (Å²) in [5.41, 5.74) is 6.22. The third kappa shape index (κ3) is 6.29. The number of nitrogens with zero attached hydrogens (tertiary/aromatic N) is 3. The summed E-state index contributed by atoms with van der Waals surface area (Å²) in [6, 6.07) is 21.5. The molecule has 44 heavy (non-hydrogen) atoms. The van der Waals surface area contributed by atoms with E-state index in [4.69, 9.17) is 9.72 Å². The Labute approximate surface area is 267 Å². The lowest BCUT2D eigenvalue weighted by atomic mass is 9.87. The molecule has 0 spiro atoms. The highest BCUT2D eigenvalue weighted by molar-refractivity contribution is 8.05. The lowest BCUT2D eigenvalue weighted by Gasteiger charge is -2.36. The fraction of sp³-hybridized carbons (Fsp3) is 0.371. The highest BCUT2D eigenvalue weighted by Gasteiger charge is 2.29. The van der Waals surface area contributed by atoms with Gasteiger partial charge in [-0.15, -0.1) is 0 Å². The normalized spacial score (nSPS) is 18.0. The van der Waals surface area contributed by atoms with Crippen LogP contribution in [0.1, 0.15) is 37.1 Å². The van der Waals surface area contributed by atoms with Crippen molar-refractivity contribution in [3.05, 3.63) is 88.5 Å². The van der Waals surface area contributed by atoms with Crippen molar-refractivity contribution in [3.8, 4) is 11.3 Å². The predicted molar refractivity (Wildman–Crippen MR) is 180 cm³/mol. The number of likely N-dealkylation sites (tertiary alicyclic amines) is 1. The van der Waals surface area contributed by atoms with Crippen LogP contribution in [-0.4, -0.2) is 60.8 Å². The van der Waals surface area contributed by atoms with Crippen molar-refractivity contribution in [1.29, 1.82) is 0 Å². The highest BCUT2D eigenvalue weighted by Crippen LogP contribution is 2.52. The number of ether oxygens (including phenoxy) is 1. The van der Waals surface area contributed by atoms with E-state index in [1.54, 1.807) is 29.6 Å². The first-order valence-electron chi connectivity index (χ1n) is 15.7. The maximum absolute atomic E-state index is 12.7. The van der Waals surface area contributed by atoms with Gasteiger partial charge in [0.05, 0.1) is 30.6 Å². The standard InChI is InChI=1S/C35H39N5O2S2/c1-3-39-13-11-24(12-14-39)34(28-9-7-23(2)22-36-28)37-25-8-10-30-32(19-25)43-31-6-4-5-27(35(31)44-30)29-20-26(21-33(41)38-29)40-15-17-42-18-16-40/h4-10,19-22,24,34,37H,3,11-18H2,1-2H3,(H,38,41). The van der Waals surface area contributed by atoms with Gasteiger partial charge in [-0.05, 0) is 87.3 Å². The molecule has 2 saturated heterocycles. The molecule has 228 valence electrons. The number of piperidine rings is 1. The number of aromatic amines is 1. The Balaban J connectivity index is 1.15. The number of aromatic nitrogens is 2. The van der Waals surface area contributed by atoms with E-state index < -0.39 is 0 Å². The first-order chi connectivity index (χ1) is 21.5. The quantitative estimate of drug-likeness (QED) is 0.199. The lowest BCUT2D eigenvalue weighted by molar-refractivity contribution is 0.122. The van der Waals surface area contributed by atoms with Gasteiger partial charge in [-0.2, -0.15) is 0 Å². The minimum absolute atomic E-state index is 0.0795. The number of hydrogen-bond acceptors (Lipinski definition) is 8. The average molecular weight is 626 g/mol. The molecule has 0 amide bonds. The highest BCUT2D eigenvalue weighted by atomic mass is 32.2. The Hall–Kier alpha value is -3.24. The van der Waals surface area contributed by atoms with Gasteiger partial charge in [-0.25, -0.2) is 0 Å². The third-order valence-corrected chi connectivity index (χ3v) is 11.6. The van der Waals surface area contributed by atoms with E-state index in [1.807, 2.05) is 6.20 Å². The molecule has 2 aromatic heterocycles. The minimum atomic E-state index is -0.0795. The van der Waals surface area contributed by atoms with Crippen LogP contribution in [0.25, 0.3) is 11.3 Å². The predicted octanol–water partition coefficient (Wildman–Crippen LogP) is 7.08. The molecule has 0 aliphatic carbocycles. The zero-order valence-corrected chi connectivity index (χ0v) is 27.0. The molecule has 1 unspecified atom stereocenters. The summed E-state index contributed by atoms with van der Waals surface area (Å²) in [7, 11) is 0. The largest absolute Gasteiger partial charge is 0.378 e. The van der Waals surface area contributed by atoms with Crippen LogP contribution in [0.3, 0.4) is 0 Å². The van der Waals surface area contributed by atoms with Crippen LogP contribution in [0.5, 0.6) is 0 Å². The zero-order chi connectivity index (χ0) is 30.0. The van der Waals surface area contributed by atoms with Crippen molar-refractivity contribution in [1.82, 2.24) is 14.9 Å². The van der Waals surface area contributed by atoms with Gasteiger partial charge in [0, 0.05) is 61.9 Å². The van der Waals surface area contributed by atoms with Crippen molar-refractivity contribution < 1.29 is 4.74 Å². The molecule has 4 aromatic rings. The number of nitrogens with one attached hydrogen (secondary N) is 2. The van der Waals surface area contributed by atoms with Gasteiger partial charge < -0.3 is 24.8 Å². The maximum atomic E-state index is 12.7. The summed E-state index contributed by atoms with van der Waals surface area (Å²) < 4.78 is 5.53. The molecule has 5 heterocycles. The molecule has 0 bridgehead atoms. The van der Waals surface area contributed by atoms with Gasteiger partial charge in [0.15, 0.2) is 0 Å². The maximum Gasteiger partial charge on any atom is 0.250 e. The Kier molecular flexibility index (Phi) is 8.71. The summed E-state index contributed by atoms with van der Waals surface area (Å²) in [4.78, 5) is 30.4. The smallest absolute Gasteiger partial charge is 0.250 e. The monoisotopic (exact) mass is 625 g/mol. The first-order valence-corrected chi connectivity index (χ1v) is 17.3. The zero-order valence-electron chi connectivity index (χ0n) is 25.3. The van der Waals surface area contributed by atoms with Crippen molar-refractivity contribution in [3.63, 3.8) is 0 Å². The second-order valence-electron chi connectivity index (χ2n) is 11.9. The van der Waals surface area contributed by atoms with Crippen LogP contribution >= 0.6 is 23.5 Å². The molecule has 2 aromatic carbocycles. The number of morpholine rings is 1. The van der Waals surface area contributed by atoms with E-state index in [0.717, 1.165) is 61.0 Å². The topological polar surface area (TPSA) is 73.5 Å². The fourth-order valence-electron chi connectivity index (χ4n) is 6.46. The van der Waals surface area contributed by atoms with Crippen LogP contribution in [0.4, 0.5) is 11.4 Å². The van der Waals surface area contributed by atoms with E-state index in [9.17, 15) is 4.79 Å². The Morgan fingerprint density at radius 2 is 1.82 bits per heavy atom. The summed E-state index contributed by atoms with van der Waals surface area (Å²) in [5, 5.41) is 3.92. The number of benzene rings is 2. The van der Waals surface area contributed by atoms with Crippen molar-refractivity contribution in [2.75, 3.05) is 56.2 Å². The molecule has 7 nitrogen and oxygen atoms in total. The first kappa shape index (κ1) is 29.5. The molecule has 2 N–H and O–H groups in total. The van der Waals surface area contributed by atoms with Gasteiger partial charge in [0.25, 0.3) is 0 Å². The van der Waals surface area contributed by atoms with Crippen LogP contribution in [0.15, 0.2) is 91.2 Å². The molecule has 9 heteroatoms. The number of H-pyrrole nitrogens is 1. The minimum Gasteiger partial charge on any atom is -0.378 e. The number of aryl methyl sites for hydroxylation is 1. The van der Waals surface area contributed by atoms with E-state index in [-0.39, 0.29) is 11.6 Å². The molecule has 2 fully saturated rings. The lowest BCUT2D eigenvalue weighted by Crippen LogP contribution is -2.37. The number of hydrogen-bond donors (Lipinski definition) is 2. The third-order valence-electron chi connectivity index (χ3n) is 8.98. The molecule has 7 rings (SSSR count). The Morgan fingerprint density at radius 1 is 0.977 bits per heavy atom. The molecule has 3 aliphatic heterocycles. The van der Waals surface area contributed by atoms with Crippen molar-refractivity contribution in [2.24, 2.45) is 5.92 Å². The summed E-state index contributed by atoms with van der Waals surface area (Å²) in [6.45, 7) is 10.7. The molecule has 1 atom stereocenters. The average Bonchev–Trinajstić information content (AvgIpc) is 3.06. The van der Waals surface area contributed by atoms with Crippen LogP contribution in [0, 0.1) is 12.8 Å². The Bertz CT molecular complexity index is 1680. The number of anilines is 2. The second kappa shape index (κ2) is 13.0. The summed E-state index contributed by atoms with van der Waals surface area (Å²) in [5.74, 6) is 0.532. The van der Waals surface area contributed by atoms with Crippen molar-refractivity contribution in [2.45, 2.75) is 52.3 Å². The Morgan fingerprint density at radius 3 is 2.59 bits per heavy atom. The van der Waals surface area contributed by atoms with Crippen LogP contribution in [0.2, 0.25) is 0 Å². The molecular formula is C35H39N5O2S2. The number of pyridine rings is 2. The SMILES string of the molecule is CCN1CCC(C(Nc2ccc3c(c2)Sc2cccc(-c4cc(N5CCOCC5)cc(=O)[nH]4)c2S3)c2ccc(C)cn2)CC1. The van der Waals surface area contributed by atoms with Crippen LogP contribution < -0.4 is 15.8 Å². The molecule has 3 aliphatic rings. The van der Waals surface area contributed by atoms with Gasteiger partial charge in [0.1, 0.15) is 0 Å². The van der Waals surface area contributed by atoms with Gasteiger partial charge in [-0.3, -0.25) is 9.78 Å².